The minimum Gasteiger partial charge on any atom is -0.353 e. The van der Waals surface area contributed by atoms with Crippen molar-refractivity contribution in [3.63, 3.8) is 0 Å². The van der Waals surface area contributed by atoms with Gasteiger partial charge in [0.25, 0.3) is 0 Å². The van der Waals surface area contributed by atoms with Crippen LogP contribution >= 0.6 is 0 Å². The summed E-state index contributed by atoms with van der Waals surface area (Å²) >= 11 is 0. The summed E-state index contributed by atoms with van der Waals surface area (Å²) < 4.78 is 2.03. The maximum Gasteiger partial charge on any atom is 0.242 e. The third-order valence-corrected chi connectivity index (χ3v) is 5.30. The number of amides is 2. The molecule has 0 aliphatic heterocycles. The van der Waals surface area contributed by atoms with Gasteiger partial charge >= 0.3 is 0 Å². The van der Waals surface area contributed by atoms with Gasteiger partial charge in [-0.25, -0.2) is 0 Å². The van der Waals surface area contributed by atoms with Crippen molar-refractivity contribution in [3.05, 3.63) is 59.9 Å². The van der Waals surface area contributed by atoms with Crippen LogP contribution in [-0.4, -0.2) is 38.8 Å². The van der Waals surface area contributed by atoms with Crippen molar-refractivity contribution in [3.8, 4) is 0 Å². The summed E-state index contributed by atoms with van der Waals surface area (Å²) in [6.45, 7) is 9.30. The van der Waals surface area contributed by atoms with Crippen LogP contribution in [-0.2, 0) is 29.7 Å². The standard InChI is InChI=1S/C24H35N3O2/c1-6-20(4)27(23(28)15-19(2)3)18-24(29)26(16-21-11-8-7-9-12-21)17-22-13-10-14-25(22)5/h7-14,19-20H,6,15-18H2,1-5H3. The van der Waals surface area contributed by atoms with Gasteiger partial charge in [-0.3, -0.25) is 9.59 Å². The van der Waals surface area contributed by atoms with Gasteiger partial charge in [-0.1, -0.05) is 51.1 Å². The number of aromatic nitrogens is 1. The van der Waals surface area contributed by atoms with E-state index in [9.17, 15) is 9.59 Å². The fourth-order valence-corrected chi connectivity index (χ4v) is 3.31. The first kappa shape index (κ1) is 22.7. The van der Waals surface area contributed by atoms with E-state index in [0.717, 1.165) is 17.7 Å². The average molecular weight is 398 g/mol. The van der Waals surface area contributed by atoms with Gasteiger partial charge in [0.1, 0.15) is 6.54 Å². The maximum atomic E-state index is 13.3. The molecule has 0 radical (unpaired) electrons. The Kier molecular flexibility index (Phi) is 8.50. The summed E-state index contributed by atoms with van der Waals surface area (Å²) in [5.74, 6) is 0.307. The number of nitrogens with zero attached hydrogens (tertiary/aromatic N) is 3. The number of rotatable bonds is 10. The molecule has 158 valence electrons. The van der Waals surface area contributed by atoms with Crippen LogP contribution in [0.3, 0.4) is 0 Å². The molecule has 1 aromatic carbocycles. The van der Waals surface area contributed by atoms with Gasteiger partial charge in [0.05, 0.1) is 6.54 Å². The number of hydrogen-bond acceptors (Lipinski definition) is 2. The highest BCUT2D eigenvalue weighted by atomic mass is 16.2. The molecule has 0 saturated carbocycles. The van der Waals surface area contributed by atoms with Gasteiger partial charge in [-0.15, -0.1) is 0 Å². The highest BCUT2D eigenvalue weighted by Gasteiger charge is 2.25. The molecule has 0 bridgehead atoms. The molecule has 1 atom stereocenters. The van der Waals surface area contributed by atoms with Gasteiger partial charge in [0, 0.05) is 37.9 Å². The smallest absolute Gasteiger partial charge is 0.242 e. The molecule has 5 heteroatoms. The lowest BCUT2D eigenvalue weighted by Gasteiger charge is -2.32. The second-order valence-electron chi connectivity index (χ2n) is 8.22. The molecule has 2 amide bonds. The van der Waals surface area contributed by atoms with Crippen LogP contribution in [0, 0.1) is 5.92 Å². The number of benzene rings is 1. The van der Waals surface area contributed by atoms with Gasteiger partial charge in [0.15, 0.2) is 0 Å². The lowest BCUT2D eigenvalue weighted by molar-refractivity contribution is -0.143. The molecular formula is C24H35N3O2. The Morgan fingerprint density at radius 2 is 1.66 bits per heavy atom. The Morgan fingerprint density at radius 1 is 0.966 bits per heavy atom. The van der Waals surface area contributed by atoms with E-state index in [4.69, 9.17) is 0 Å². The molecule has 1 aromatic heterocycles. The topological polar surface area (TPSA) is 45.6 Å². The Morgan fingerprint density at radius 3 is 2.21 bits per heavy atom. The lowest BCUT2D eigenvalue weighted by atomic mass is 10.1. The molecule has 1 unspecified atom stereocenters. The lowest BCUT2D eigenvalue weighted by Crippen LogP contribution is -2.46. The third kappa shape index (κ3) is 6.77. The first-order valence-corrected chi connectivity index (χ1v) is 10.5. The van der Waals surface area contributed by atoms with Gasteiger partial charge in [-0.05, 0) is 37.0 Å². The molecule has 29 heavy (non-hydrogen) atoms. The summed E-state index contributed by atoms with van der Waals surface area (Å²) in [7, 11) is 1.98. The predicted molar refractivity (Wildman–Crippen MR) is 117 cm³/mol. The molecule has 2 aromatic rings. The molecule has 1 heterocycles. The molecular weight excluding hydrogens is 362 g/mol. The number of carbonyl (C=O) groups is 2. The summed E-state index contributed by atoms with van der Waals surface area (Å²) in [6.07, 6.45) is 3.28. The van der Waals surface area contributed by atoms with E-state index in [-0.39, 0.29) is 30.3 Å². The van der Waals surface area contributed by atoms with E-state index in [2.05, 4.69) is 6.92 Å². The highest BCUT2D eigenvalue weighted by Crippen LogP contribution is 2.15. The molecule has 0 fully saturated rings. The van der Waals surface area contributed by atoms with Crippen molar-refractivity contribution in [1.29, 1.82) is 0 Å². The van der Waals surface area contributed by atoms with Crippen LogP contribution < -0.4 is 0 Å². The summed E-state index contributed by atoms with van der Waals surface area (Å²) in [5, 5.41) is 0. The Bertz CT molecular complexity index is 782. The van der Waals surface area contributed by atoms with Crippen molar-refractivity contribution in [2.24, 2.45) is 13.0 Å². The largest absolute Gasteiger partial charge is 0.353 e. The normalized spacial score (nSPS) is 12.1. The molecule has 0 saturated heterocycles. The molecule has 0 N–H and O–H groups in total. The zero-order chi connectivity index (χ0) is 21.4. The number of hydrogen-bond donors (Lipinski definition) is 0. The van der Waals surface area contributed by atoms with Crippen molar-refractivity contribution in [2.45, 2.75) is 59.7 Å². The fraction of sp³-hybridized carbons (Fsp3) is 0.500. The minimum atomic E-state index is -0.0209. The Hall–Kier alpha value is -2.56. The van der Waals surface area contributed by atoms with E-state index in [0.29, 0.717) is 19.5 Å². The fourth-order valence-electron chi connectivity index (χ4n) is 3.31. The summed E-state index contributed by atoms with van der Waals surface area (Å²) in [5.41, 5.74) is 2.15. The third-order valence-electron chi connectivity index (χ3n) is 5.30. The van der Waals surface area contributed by atoms with E-state index < -0.39 is 0 Å². The number of aryl methyl sites for hydroxylation is 1. The minimum absolute atomic E-state index is 0.0209. The Balaban J connectivity index is 2.21. The molecule has 2 rings (SSSR count). The summed E-state index contributed by atoms with van der Waals surface area (Å²) in [6, 6.07) is 14.1. The SMILES string of the molecule is CCC(C)N(CC(=O)N(Cc1ccccc1)Cc1cccn1C)C(=O)CC(C)C. The molecule has 0 aliphatic rings. The molecule has 0 aliphatic carbocycles. The van der Waals surface area contributed by atoms with Crippen LogP contribution in [0.25, 0.3) is 0 Å². The highest BCUT2D eigenvalue weighted by molar-refractivity contribution is 5.85. The average Bonchev–Trinajstić information content (AvgIpc) is 3.09. The second-order valence-corrected chi connectivity index (χ2v) is 8.22. The van der Waals surface area contributed by atoms with Gasteiger partial charge < -0.3 is 14.4 Å². The van der Waals surface area contributed by atoms with Crippen molar-refractivity contribution in [2.75, 3.05) is 6.54 Å². The summed E-state index contributed by atoms with van der Waals surface area (Å²) in [4.78, 5) is 29.7. The maximum absolute atomic E-state index is 13.3. The van der Waals surface area contributed by atoms with Crippen LogP contribution in [0.4, 0.5) is 0 Å². The first-order valence-electron chi connectivity index (χ1n) is 10.5. The quantitative estimate of drug-likeness (QED) is 0.602. The molecule has 0 spiro atoms. The van der Waals surface area contributed by atoms with Crippen molar-refractivity contribution < 1.29 is 9.59 Å². The van der Waals surface area contributed by atoms with E-state index >= 15 is 0 Å². The van der Waals surface area contributed by atoms with Crippen molar-refractivity contribution >= 4 is 11.8 Å². The zero-order valence-corrected chi connectivity index (χ0v) is 18.5. The van der Waals surface area contributed by atoms with Gasteiger partial charge in [0.2, 0.25) is 11.8 Å². The van der Waals surface area contributed by atoms with Gasteiger partial charge in [-0.2, -0.15) is 0 Å². The first-order chi connectivity index (χ1) is 13.8. The van der Waals surface area contributed by atoms with Crippen LogP contribution in [0.5, 0.6) is 0 Å². The predicted octanol–water partition coefficient (Wildman–Crippen LogP) is 4.23. The Labute approximate surface area is 175 Å². The van der Waals surface area contributed by atoms with E-state index in [1.807, 2.05) is 85.9 Å². The monoisotopic (exact) mass is 397 g/mol. The van der Waals surface area contributed by atoms with E-state index in [1.165, 1.54) is 0 Å². The second kappa shape index (κ2) is 10.8. The molecule has 5 nitrogen and oxygen atoms in total. The van der Waals surface area contributed by atoms with Crippen LogP contribution in [0.15, 0.2) is 48.7 Å². The van der Waals surface area contributed by atoms with Crippen LogP contribution in [0.1, 0.15) is 51.8 Å². The number of carbonyl (C=O) groups excluding carboxylic acids is 2. The van der Waals surface area contributed by atoms with Crippen molar-refractivity contribution in [1.82, 2.24) is 14.4 Å². The van der Waals surface area contributed by atoms with E-state index in [1.54, 1.807) is 4.90 Å². The zero-order valence-electron chi connectivity index (χ0n) is 18.5. The van der Waals surface area contributed by atoms with Crippen LogP contribution in [0.2, 0.25) is 0 Å².